The topological polar surface area (TPSA) is 58.7 Å². The standard InChI is InChI=1S/C17H12ClN3OS/c1-21-16(22)13-4-2-3-5-15(13)20-17(21)23-10-12-7-6-11(9-19)8-14(12)18/h2-8H,10H2,1H3. The second-order valence-corrected chi connectivity index (χ2v) is 6.33. The first-order valence-electron chi connectivity index (χ1n) is 6.87. The van der Waals surface area contributed by atoms with E-state index in [1.54, 1.807) is 29.8 Å². The van der Waals surface area contributed by atoms with Crippen LogP contribution >= 0.6 is 23.4 Å². The number of nitrogens with zero attached hydrogens (tertiary/aromatic N) is 3. The summed E-state index contributed by atoms with van der Waals surface area (Å²) >= 11 is 7.63. The van der Waals surface area contributed by atoms with Gasteiger partial charge in [0.2, 0.25) is 0 Å². The lowest BCUT2D eigenvalue weighted by Gasteiger charge is -2.09. The van der Waals surface area contributed by atoms with E-state index in [1.807, 2.05) is 24.3 Å². The molecule has 1 aromatic heterocycles. The zero-order valence-electron chi connectivity index (χ0n) is 12.3. The largest absolute Gasteiger partial charge is 0.290 e. The Labute approximate surface area is 142 Å². The van der Waals surface area contributed by atoms with E-state index >= 15 is 0 Å². The first kappa shape index (κ1) is 15.6. The van der Waals surface area contributed by atoms with E-state index in [9.17, 15) is 4.79 Å². The monoisotopic (exact) mass is 341 g/mol. The first-order chi connectivity index (χ1) is 11.1. The van der Waals surface area contributed by atoms with Gasteiger partial charge in [-0.3, -0.25) is 9.36 Å². The number of thioether (sulfide) groups is 1. The molecule has 0 amide bonds. The number of fused-ring (bicyclic) bond motifs is 1. The summed E-state index contributed by atoms with van der Waals surface area (Å²) in [7, 11) is 1.71. The zero-order valence-corrected chi connectivity index (χ0v) is 13.9. The molecule has 0 spiro atoms. The Hall–Kier alpha value is -2.29. The highest BCUT2D eigenvalue weighted by Crippen LogP contribution is 2.26. The highest BCUT2D eigenvalue weighted by molar-refractivity contribution is 7.98. The number of nitriles is 1. The average molecular weight is 342 g/mol. The van der Waals surface area contributed by atoms with E-state index in [0.717, 1.165) is 5.56 Å². The van der Waals surface area contributed by atoms with Gasteiger partial charge in [0.15, 0.2) is 5.16 Å². The first-order valence-corrected chi connectivity index (χ1v) is 8.23. The molecule has 4 nitrogen and oxygen atoms in total. The van der Waals surface area contributed by atoms with Crippen molar-refractivity contribution in [2.45, 2.75) is 10.9 Å². The van der Waals surface area contributed by atoms with Crippen LogP contribution in [0.5, 0.6) is 0 Å². The van der Waals surface area contributed by atoms with Gasteiger partial charge in [-0.1, -0.05) is 41.6 Å². The van der Waals surface area contributed by atoms with Gasteiger partial charge in [0.25, 0.3) is 5.56 Å². The molecule has 6 heteroatoms. The third-order valence-corrected chi connectivity index (χ3v) is 4.91. The fraction of sp³-hybridized carbons (Fsp3) is 0.118. The normalized spacial score (nSPS) is 10.7. The van der Waals surface area contributed by atoms with Crippen molar-refractivity contribution in [2.75, 3.05) is 0 Å². The number of para-hydroxylation sites is 1. The molecule has 0 bridgehead atoms. The highest BCUT2D eigenvalue weighted by atomic mass is 35.5. The lowest BCUT2D eigenvalue weighted by atomic mass is 10.2. The zero-order chi connectivity index (χ0) is 16.4. The van der Waals surface area contributed by atoms with Crippen LogP contribution in [-0.4, -0.2) is 9.55 Å². The fourth-order valence-electron chi connectivity index (χ4n) is 2.20. The van der Waals surface area contributed by atoms with E-state index < -0.39 is 0 Å². The molecule has 0 aliphatic heterocycles. The molecular weight excluding hydrogens is 330 g/mol. The quantitative estimate of drug-likeness (QED) is 0.537. The fourth-order valence-corrected chi connectivity index (χ4v) is 3.51. The Balaban J connectivity index is 1.92. The maximum Gasteiger partial charge on any atom is 0.261 e. The van der Waals surface area contributed by atoms with Crippen LogP contribution in [0.4, 0.5) is 0 Å². The summed E-state index contributed by atoms with van der Waals surface area (Å²) in [6, 6.07) is 14.6. The van der Waals surface area contributed by atoms with Gasteiger partial charge in [-0.25, -0.2) is 4.98 Å². The second kappa shape index (κ2) is 6.45. The van der Waals surface area contributed by atoms with Gasteiger partial charge >= 0.3 is 0 Å². The molecule has 1 heterocycles. The summed E-state index contributed by atoms with van der Waals surface area (Å²) < 4.78 is 1.55. The second-order valence-electron chi connectivity index (χ2n) is 4.98. The summed E-state index contributed by atoms with van der Waals surface area (Å²) in [6.45, 7) is 0. The molecule has 0 saturated heterocycles. The van der Waals surface area contributed by atoms with Crippen molar-refractivity contribution < 1.29 is 0 Å². The third-order valence-electron chi connectivity index (χ3n) is 3.48. The van der Waals surface area contributed by atoms with Crippen LogP contribution in [-0.2, 0) is 12.8 Å². The van der Waals surface area contributed by atoms with E-state index in [1.165, 1.54) is 11.8 Å². The Morgan fingerprint density at radius 2 is 2.09 bits per heavy atom. The summed E-state index contributed by atoms with van der Waals surface area (Å²) in [5.74, 6) is 0.573. The average Bonchev–Trinajstić information content (AvgIpc) is 2.57. The van der Waals surface area contributed by atoms with Crippen LogP contribution in [0, 0.1) is 11.3 Å². The number of hydrogen-bond donors (Lipinski definition) is 0. The summed E-state index contributed by atoms with van der Waals surface area (Å²) in [5, 5.41) is 10.7. The van der Waals surface area contributed by atoms with Crippen molar-refractivity contribution in [3.63, 3.8) is 0 Å². The van der Waals surface area contributed by atoms with Gasteiger partial charge in [-0.15, -0.1) is 0 Å². The van der Waals surface area contributed by atoms with E-state index in [-0.39, 0.29) is 5.56 Å². The molecule has 114 valence electrons. The lowest BCUT2D eigenvalue weighted by molar-refractivity contribution is 0.726. The molecule has 0 unspecified atom stereocenters. The molecule has 2 aromatic carbocycles. The molecule has 0 aliphatic carbocycles. The molecule has 3 rings (SSSR count). The van der Waals surface area contributed by atoms with Gasteiger partial charge in [0.1, 0.15) is 0 Å². The van der Waals surface area contributed by atoms with Crippen LogP contribution in [0.15, 0.2) is 52.4 Å². The molecule has 0 radical (unpaired) electrons. The van der Waals surface area contributed by atoms with Crippen LogP contribution in [0.25, 0.3) is 10.9 Å². The Kier molecular flexibility index (Phi) is 4.37. The summed E-state index contributed by atoms with van der Waals surface area (Å²) in [4.78, 5) is 16.9. The predicted octanol–water partition coefficient (Wildman–Crippen LogP) is 3.75. The number of hydrogen-bond acceptors (Lipinski definition) is 4. The minimum absolute atomic E-state index is 0.0657. The Morgan fingerprint density at radius 3 is 2.83 bits per heavy atom. The Bertz CT molecular complexity index is 991. The van der Waals surface area contributed by atoms with E-state index in [4.69, 9.17) is 16.9 Å². The van der Waals surface area contributed by atoms with Crippen molar-refractivity contribution in [1.29, 1.82) is 5.26 Å². The molecule has 23 heavy (non-hydrogen) atoms. The van der Waals surface area contributed by atoms with Crippen molar-refractivity contribution >= 4 is 34.3 Å². The summed E-state index contributed by atoms with van der Waals surface area (Å²) in [5.41, 5.74) is 2.05. The number of halogens is 1. The van der Waals surface area contributed by atoms with Gasteiger partial charge in [-0.05, 0) is 29.8 Å². The number of aromatic nitrogens is 2. The molecule has 0 saturated carbocycles. The molecule has 0 atom stereocenters. The minimum atomic E-state index is -0.0657. The van der Waals surface area contributed by atoms with Crippen molar-refractivity contribution in [2.24, 2.45) is 7.05 Å². The third kappa shape index (κ3) is 3.09. The molecule has 0 fully saturated rings. The van der Waals surface area contributed by atoms with E-state index in [2.05, 4.69) is 11.1 Å². The van der Waals surface area contributed by atoms with Gasteiger partial charge in [0.05, 0.1) is 22.5 Å². The molecule has 0 N–H and O–H groups in total. The maximum atomic E-state index is 12.4. The van der Waals surface area contributed by atoms with E-state index in [0.29, 0.717) is 32.4 Å². The molecule has 0 aliphatic rings. The van der Waals surface area contributed by atoms with Crippen LogP contribution in [0.2, 0.25) is 5.02 Å². The SMILES string of the molecule is Cn1c(SCc2ccc(C#N)cc2Cl)nc2ccccc2c1=O. The smallest absolute Gasteiger partial charge is 0.261 e. The van der Waals surface area contributed by atoms with Crippen molar-refractivity contribution in [1.82, 2.24) is 9.55 Å². The van der Waals surface area contributed by atoms with Crippen LogP contribution in [0.1, 0.15) is 11.1 Å². The van der Waals surface area contributed by atoms with Gasteiger partial charge in [0, 0.05) is 17.8 Å². The summed E-state index contributed by atoms with van der Waals surface area (Å²) in [6.07, 6.45) is 0. The minimum Gasteiger partial charge on any atom is -0.290 e. The number of benzene rings is 2. The molecule has 3 aromatic rings. The predicted molar refractivity (Wildman–Crippen MR) is 92.7 cm³/mol. The highest BCUT2D eigenvalue weighted by Gasteiger charge is 2.10. The van der Waals surface area contributed by atoms with Gasteiger partial charge < -0.3 is 0 Å². The Morgan fingerprint density at radius 1 is 1.30 bits per heavy atom. The van der Waals surface area contributed by atoms with Gasteiger partial charge in [-0.2, -0.15) is 5.26 Å². The van der Waals surface area contributed by atoms with Crippen molar-refractivity contribution in [3.05, 3.63) is 69.0 Å². The number of rotatable bonds is 3. The van der Waals surface area contributed by atoms with Crippen LogP contribution < -0.4 is 5.56 Å². The lowest BCUT2D eigenvalue weighted by Crippen LogP contribution is -2.19. The molecular formula is C17H12ClN3OS. The van der Waals surface area contributed by atoms with Crippen LogP contribution in [0.3, 0.4) is 0 Å². The van der Waals surface area contributed by atoms with Crippen molar-refractivity contribution in [3.8, 4) is 6.07 Å². The maximum absolute atomic E-state index is 12.4.